The van der Waals surface area contributed by atoms with Crippen molar-refractivity contribution in [2.45, 2.75) is 24.7 Å². The zero-order valence-corrected chi connectivity index (χ0v) is 13.8. The van der Waals surface area contributed by atoms with Gasteiger partial charge in [-0.05, 0) is 18.6 Å². The minimum Gasteiger partial charge on any atom is -0.382 e. The van der Waals surface area contributed by atoms with E-state index in [1.165, 1.54) is 7.05 Å². The minimum atomic E-state index is -4.66. The average Bonchev–Trinajstić information content (AvgIpc) is 2.98. The highest BCUT2D eigenvalue weighted by Crippen LogP contribution is 2.25. The molecule has 1 saturated heterocycles. The molecule has 2 heterocycles. The van der Waals surface area contributed by atoms with Crippen LogP contribution in [-0.2, 0) is 0 Å². The molecule has 10 heteroatoms. The molecule has 1 aliphatic heterocycles. The predicted molar refractivity (Wildman–Crippen MR) is 86.4 cm³/mol. The first-order valence-corrected chi connectivity index (χ1v) is 7.76. The fourth-order valence-corrected chi connectivity index (χ4v) is 2.62. The summed E-state index contributed by atoms with van der Waals surface area (Å²) in [5.41, 5.74) is 0. The van der Waals surface area contributed by atoms with Crippen LogP contribution in [0.1, 0.15) is 6.42 Å². The largest absolute Gasteiger partial charge is 0.416 e. The van der Waals surface area contributed by atoms with Crippen molar-refractivity contribution in [1.82, 2.24) is 15.6 Å². The van der Waals surface area contributed by atoms with Gasteiger partial charge in [0.15, 0.2) is 12.1 Å². The molecule has 1 aromatic heterocycles. The van der Waals surface area contributed by atoms with Crippen LogP contribution in [0.3, 0.4) is 0 Å². The van der Waals surface area contributed by atoms with E-state index in [1.807, 2.05) is 4.90 Å². The maximum Gasteiger partial charge on any atom is 0.416 e. The smallest absolute Gasteiger partial charge is 0.382 e. The number of aromatic nitrogens is 1. The molecule has 3 N–H and O–H groups in total. The lowest BCUT2D eigenvalue weighted by atomic mass is 10.3. The summed E-state index contributed by atoms with van der Waals surface area (Å²) in [5, 5.41) is 15.1. The first kappa shape index (κ1) is 18.6. The number of aliphatic hydroxyl groups excluding tert-OH is 1. The van der Waals surface area contributed by atoms with E-state index in [1.54, 1.807) is 18.3 Å². The molecule has 0 aromatic carbocycles. The Balaban J connectivity index is 1.86. The van der Waals surface area contributed by atoms with Crippen LogP contribution >= 0.6 is 11.6 Å². The Hall–Kier alpha value is -1.74. The zero-order valence-electron chi connectivity index (χ0n) is 13.0. The number of anilines is 1. The van der Waals surface area contributed by atoms with Crippen molar-refractivity contribution in [2.24, 2.45) is 4.99 Å². The van der Waals surface area contributed by atoms with E-state index >= 15 is 0 Å². The summed E-state index contributed by atoms with van der Waals surface area (Å²) in [6.07, 6.45) is -4.69. The van der Waals surface area contributed by atoms with Gasteiger partial charge >= 0.3 is 6.18 Å². The van der Waals surface area contributed by atoms with Gasteiger partial charge in [-0.15, -0.1) is 0 Å². The van der Waals surface area contributed by atoms with E-state index in [-0.39, 0.29) is 12.0 Å². The second-order valence-electron chi connectivity index (χ2n) is 5.40. The van der Waals surface area contributed by atoms with Gasteiger partial charge in [-0.1, -0.05) is 11.6 Å². The molecule has 134 valence electrons. The van der Waals surface area contributed by atoms with Crippen LogP contribution in [0.5, 0.6) is 0 Å². The van der Waals surface area contributed by atoms with Gasteiger partial charge < -0.3 is 20.6 Å². The van der Waals surface area contributed by atoms with Gasteiger partial charge in [-0.3, -0.25) is 4.99 Å². The molecule has 6 nitrogen and oxygen atoms in total. The normalized spacial score (nSPS) is 20.2. The predicted octanol–water partition coefficient (Wildman–Crippen LogP) is 1.40. The summed E-state index contributed by atoms with van der Waals surface area (Å²) in [6, 6.07) is 3.48. The lowest BCUT2D eigenvalue weighted by Crippen LogP contribution is -2.48. The molecule has 0 aliphatic carbocycles. The number of alkyl halides is 3. The molecule has 2 atom stereocenters. The monoisotopic (exact) mass is 365 g/mol. The summed E-state index contributed by atoms with van der Waals surface area (Å²) in [7, 11) is 1.46. The average molecular weight is 366 g/mol. The van der Waals surface area contributed by atoms with Crippen molar-refractivity contribution < 1.29 is 18.3 Å². The third-order valence-corrected chi connectivity index (χ3v) is 3.93. The third kappa shape index (κ3) is 4.88. The molecule has 0 radical (unpaired) electrons. The lowest BCUT2D eigenvalue weighted by molar-refractivity contribution is -0.201. The number of pyridine rings is 1. The topological polar surface area (TPSA) is 72.8 Å². The van der Waals surface area contributed by atoms with Crippen molar-refractivity contribution >= 4 is 23.4 Å². The van der Waals surface area contributed by atoms with Crippen LogP contribution in [0, 0.1) is 0 Å². The first-order chi connectivity index (χ1) is 11.3. The SMILES string of the molecule is CN=C(NCC(O)C(F)(F)F)NC1CCN(c2ncccc2Cl)C1. The standard InChI is InChI=1S/C14H19ClF3N5O/c1-19-13(21-7-11(24)14(16,17)18)22-9-4-6-23(8-9)12-10(15)3-2-5-20-12/h2-3,5,9,11,24H,4,6-8H2,1H3,(H2,19,21,22). The van der Waals surface area contributed by atoms with Gasteiger partial charge in [0.2, 0.25) is 0 Å². The number of hydrogen-bond acceptors (Lipinski definition) is 4. The minimum absolute atomic E-state index is 0.0164. The second kappa shape index (κ2) is 7.89. The van der Waals surface area contributed by atoms with Gasteiger partial charge in [-0.2, -0.15) is 13.2 Å². The van der Waals surface area contributed by atoms with Gasteiger partial charge in [-0.25, -0.2) is 4.98 Å². The zero-order chi connectivity index (χ0) is 17.7. The van der Waals surface area contributed by atoms with E-state index in [0.717, 1.165) is 13.0 Å². The molecule has 2 rings (SSSR count). The lowest BCUT2D eigenvalue weighted by Gasteiger charge is -2.21. The van der Waals surface area contributed by atoms with E-state index in [9.17, 15) is 13.2 Å². The van der Waals surface area contributed by atoms with Gasteiger partial charge in [0.05, 0.1) is 11.6 Å². The van der Waals surface area contributed by atoms with Crippen LogP contribution in [0.25, 0.3) is 0 Å². The molecular weight excluding hydrogens is 347 g/mol. The van der Waals surface area contributed by atoms with Crippen molar-refractivity contribution in [1.29, 1.82) is 0 Å². The van der Waals surface area contributed by atoms with Gasteiger partial charge in [0.1, 0.15) is 5.82 Å². The number of aliphatic hydroxyl groups is 1. The fraction of sp³-hybridized carbons (Fsp3) is 0.571. The Morgan fingerprint density at radius 2 is 2.33 bits per heavy atom. The molecule has 1 aliphatic rings. The highest BCUT2D eigenvalue weighted by molar-refractivity contribution is 6.32. The fourth-order valence-electron chi connectivity index (χ4n) is 2.38. The molecule has 0 amide bonds. The number of aliphatic imine (C=N–C) groups is 1. The summed E-state index contributed by atoms with van der Waals surface area (Å²) in [5.74, 6) is 0.885. The number of rotatable bonds is 4. The number of nitrogens with one attached hydrogen (secondary N) is 2. The summed E-state index contributed by atoms with van der Waals surface area (Å²) in [6.45, 7) is 0.654. The van der Waals surface area contributed by atoms with E-state index in [2.05, 4.69) is 20.6 Å². The van der Waals surface area contributed by atoms with Crippen LogP contribution in [0.4, 0.5) is 19.0 Å². The molecule has 0 bridgehead atoms. The molecule has 24 heavy (non-hydrogen) atoms. The van der Waals surface area contributed by atoms with Crippen LogP contribution < -0.4 is 15.5 Å². The van der Waals surface area contributed by atoms with Gasteiger partial charge in [0.25, 0.3) is 0 Å². The number of halogens is 4. The van der Waals surface area contributed by atoms with Crippen LogP contribution in [0.2, 0.25) is 5.02 Å². The molecule has 2 unspecified atom stereocenters. The number of nitrogens with zero attached hydrogens (tertiary/aromatic N) is 3. The number of guanidine groups is 1. The Morgan fingerprint density at radius 1 is 1.58 bits per heavy atom. The third-order valence-electron chi connectivity index (χ3n) is 3.63. The Bertz CT molecular complexity index is 584. The highest BCUT2D eigenvalue weighted by Gasteiger charge is 2.38. The Morgan fingerprint density at radius 3 is 2.96 bits per heavy atom. The molecule has 0 spiro atoms. The van der Waals surface area contributed by atoms with E-state index < -0.39 is 18.8 Å². The van der Waals surface area contributed by atoms with Crippen molar-refractivity contribution in [3.8, 4) is 0 Å². The maximum absolute atomic E-state index is 12.3. The van der Waals surface area contributed by atoms with E-state index in [4.69, 9.17) is 16.7 Å². The summed E-state index contributed by atoms with van der Waals surface area (Å²) in [4.78, 5) is 10.1. The van der Waals surface area contributed by atoms with Gasteiger partial charge in [0, 0.05) is 32.4 Å². The van der Waals surface area contributed by atoms with Crippen molar-refractivity contribution in [3.05, 3.63) is 23.4 Å². The van der Waals surface area contributed by atoms with Crippen molar-refractivity contribution in [3.63, 3.8) is 0 Å². The highest BCUT2D eigenvalue weighted by atomic mass is 35.5. The Labute approximate surface area is 142 Å². The van der Waals surface area contributed by atoms with E-state index in [0.29, 0.717) is 17.4 Å². The molecule has 1 fully saturated rings. The Kier molecular flexibility index (Phi) is 6.11. The van der Waals surface area contributed by atoms with Crippen molar-refractivity contribution in [2.75, 3.05) is 31.6 Å². The quantitative estimate of drug-likeness (QED) is 0.555. The number of hydrogen-bond donors (Lipinski definition) is 3. The summed E-state index contributed by atoms with van der Waals surface area (Å²) >= 11 is 6.12. The molecule has 0 saturated carbocycles. The molecular formula is C14H19ClF3N5O. The van der Waals surface area contributed by atoms with Crippen LogP contribution in [-0.4, -0.2) is 61.1 Å². The summed E-state index contributed by atoms with van der Waals surface area (Å²) < 4.78 is 36.9. The second-order valence-corrected chi connectivity index (χ2v) is 5.80. The van der Waals surface area contributed by atoms with Crippen LogP contribution in [0.15, 0.2) is 23.3 Å². The molecule has 1 aromatic rings. The first-order valence-electron chi connectivity index (χ1n) is 7.38. The maximum atomic E-state index is 12.3.